The normalized spacial score (nSPS) is 9.60. The van der Waals surface area contributed by atoms with Crippen LogP contribution in [0.1, 0.15) is 0 Å². The zero-order chi connectivity index (χ0) is 11.9. The van der Waals surface area contributed by atoms with Crippen LogP contribution in [0.25, 0.3) is 0 Å². The first-order valence-electron chi connectivity index (χ1n) is 3.60. The molecule has 0 bridgehead atoms. The first kappa shape index (κ1) is 13.1. The second-order valence-electron chi connectivity index (χ2n) is 2.19. The molecule has 2 N–H and O–H groups in total. The molecule has 0 fully saturated rings. The van der Waals surface area contributed by atoms with Crippen LogP contribution in [0.2, 0.25) is 0 Å². The van der Waals surface area contributed by atoms with Gasteiger partial charge in [-0.15, -0.1) is 0 Å². The van der Waals surface area contributed by atoms with Crippen molar-refractivity contribution in [2.45, 2.75) is 0 Å². The van der Waals surface area contributed by atoms with Crippen LogP contribution in [-0.2, 0) is 9.84 Å². The van der Waals surface area contributed by atoms with E-state index < -0.39 is 20.4 Å². The fourth-order valence-electron chi connectivity index (χ4n) is 0.460. The number of sulfone groups is 1. The molecule has 0 atom stereocenters. The second kappa shape index (κ2) is 5.76. The Hall–Kier alpha value is -1.89. The molecule has 0 unspecified atom stereocenters. The van der Waals surface area contributed by atoms with Crippen LogP contribution in [-0.4, -0.2) is 29.2 Å². The van der Waals surface area contributed by atoms with Gasteiger partial charge >= 0.3 is 20.4 Å². The van der Waals surface area contributed by atoms with Crippen molar-refractivity contribution in [3.8, 4) is 0 Å². The van der Waals surface area contributed by atoms with Gasteiger partial charge in [0.05, 0.1) is 0 Å². The van der Waals surface area contributed by atoms with Gasteiger partial charge in [0.1, 0.15) is 0 Å². The third kappa shape index (κ3) is 4.77. The second-order valence-corrected chi connectivity index (χ2v) is 3.90. The average molecular weight is 232 g/mol. The van der Waals surface area contributed by atoms with Crippen molar-refractivity contribution >= 4 is 20.4 Å². The van der Waals surface area contributed by atoms with E-state index in [9.17, 15) is 18.0 Å². The Kier molecular flexibility index (Phi) is 5.03. The van der Waals surface area contributed by atoms with Gasteiger partial charge in [-0.05, 0) is 0 Å². The molecule has 0 spiro atoms. The van der Waals surface area contributed by atoms with Crippen molar-refractivity contribution in [1.82, 2.24) is 0 Å². The third-order valence-electron chi connectivity index (χ3n) is 1.13. The summed E-state index contributed by atoms with van der Waals surface area (Å²) in [6.45, 7) is 0. The van der Waals surface area contributed by atoms with E-state index in [4.69, 9.17) is 10.2 Å². The van der Waals surface area contributed by atoms with Crippen molar-refractivity contribution in [1.29, 1.82) is 0 Å². The minimum atomic E-state index is -4.98. The Morgan fingerprint density at radius 3 is 1.00 bits per heavy atom. The molecule has 15 heavy (non-hydrogen) atoms. The van der Waals surface area contributed by atoms with Gasteiger partial charge in [0, 0.05) is 0 Å². The lowest BCUT2D eigenvalue weighted by Gasteiger charge is -1.85. The number of benzene rings is 1. The summed E-state index contributed by atoms with van der Waals surface area (Å²) >= 11 is 0. The molecule has 7 heteroatoms. The maximum atomic E-state index is 9.83. The Labute approximate surface area is 85.7 Å². The number of carbonyl (C=O) groups is 2. The number of hydrogen-bond donors (Lipinski definition) is 2. The van der Waals surface area contributed by atoms with Crippen molar-refractivity contribution in [2.75, 3.05) is 0 Å². The highest BCUT2D eigenvalue weighted by molar-refractivity contribution is 8.18. The predicted molar refractivity (Wildman–Crippen MR) is 51.4 cm³/mol. The average Bonchev–Trinajstić information content (AvgIpc) is 2.21. The molecule has 82 valence electrons. The van der Waals surface area contributed by atoms with Crippen LogP contribution in [0.4, 0.5) is 9.59 Å². The van der Waals surface area contributed by atoms with Crippen LogP contribution in [0.15, 0.2) is 36.4 Å². The topological polar surface area (TPSA) is 109 Å². The molecule has 0 heterocycles. The summed E-state index contributed by atoms with van der Waals surface area (Å²) < 4.78 is 19.7. The van der Waals surface area contributed by atoms with E-state index in [1.54, 1.807) is 0 Å². The van der Waals surface area contributed by atoms with Gasteiger partial charge in [0.25, 0.3) is 0 Å². The largest absolute Gasteiger partial charge is 0.469 e. The van der Waals surface area contributed by atoms with Crippen molar-refractivity contribution in [3.63, 3.8) is 0 Å². The van der Waals surface area contributed by atoms with Crippen molar-refractivity contribution in [2.24, 2.45) is 0 Å². The first-order valence-corrected chi connectivity index (χ1v) is 5.08. The number of hydrogen-bond acceptors (Lipinski definition) is 4. The van der Waals surface area contributed by atoms with Crippen LogP contribution in [0, 0.1) is 0 Å². The smallest absolute Gasteiger partial charge is 0.433 e. The molecule has 1 aromatic carbocycles. The predicted octanol–water partition coefficient (Wildman–Crippen LogP) is 1.44. The molecule has 1 aromatic rings. The molecule has 1 rings (SSSR count). The fourth-order valence-corrected chi connectivity index (χ4v) is 0.609. The van der Waals surface area contributed by atoms with E-state index in [2.05, 4.69) is 0 Å². The van der Waals surface area contributed by atoms with Crippen LogP contribution >= 0.6 is 0 Å². The van der Waals surface area contributed by atoms with Crippen LogP contribution in [0.3, 0.4) is 0 Å². The summed E-state index contributed by atoms with van der Waals surface area (Å²) in [5, 5.41) is 10.6. The summed E-state index contributed by atoms with van der Waals surface area (Å²) in [5.41, 5.74) is 0. The lowest BCUT2D eigenvalue weighted by atomic mass is 10.4. The van der Waals surface area contributed by atoms with Crippen molar-refractivity contribution in [3.05, 3.63) is 36.4 Å². The molecule has 0 aliphatic carbocycles. The zero-order valence-corrected chi connectivity index (χ0v) is 8.22. The molecule has 0 aliphatic heterocycles. The first-order chi connectivity index (χ1) is 6.89. The highest BCUT2D eigenvalue weighted by atomic mass is 32.2. The Morgan fingerprint density at radius 1 is 0.733 bits per heavy atom. The molecule has 0 amide bonds. The summed E-state index contributed by atoms with van der Waals surface area (Å²) in [5.74, 6) is 0. The fraction of sp³-hybridized carbons (Fsp3) is 0. The molecule has 6 nitrogen and oxygen atoms in total. The summed E-state index contributed by atoms with van der Waals surface area (Å²) in [4.78, 5) is 19.0. The molecular formula is C8H8O6S. The lowest BCUT2D eigenvalue weighted by Crippen LogP contribution is -2.20. The van der Waals surface area contributed by atoms with Gasteiger partial charge in [-0.1, -0.05) is 36.4 Å². The van der Waals surface area contributed by atoms with E-state index in [1.807, 2.05) is 36.4 Å². The quantitative estimate of drug-likeness (QED) is 0.700. The Bertz CT molecular complexity index is 375. The number of rotatable bonds is 0. The molecule has 0 aliphatic rings. The zero-order valence-electron chi connectivity index (χ0n) is 7.40. The summed E-state index contributed by atoms with van der Waals surface area (Å²) in [6.07, 6.45) is 0. The van der Waals surface area contributed by atoms with Crippen molar-refractivity contribution < 1.29 is 28.2 Å². The van der Waals surface area contributed by atoms with Crippen LogP contribution < -0.4 is 0 Å². The highest BCUT2D eigenvalue weighted by Crippen LogP contribution is 1.91. The maximum Gasteiger partial charge on any atom is 0.433 e. The standard InChI is InChI=1S/C6H6.C2H2O6S/c1-2-4-6-5-3-1;3-1(4)9(7,8)2(5)6/h1-6H;(H,3,4)(H,5,6). The summed E-state index contributed by atoms with van der Waals surface area (Å²) in [7, 11) is -4.98. The minimum absolute atomic E-state index is 2.00. The van der Waals surface area contributed by atoms with E-state index in [0.29, 0.717) is 0 Å². The lowest BCUT2D eigenvalue weighted by molar-refractivity contribution is 0.212. The van der Waals surface area contributed by atoms with E-state index >= 15 is 0 Å². The van der Waals surface area contributed by atoms with Gasteiger partial charge in [0.15, 0.2) is 0 Å². The van der Waals surface area contributed by atoms with Gasteiger partial charge in [-0.2, -0.15) is 0 Å². The van der Waals surface area contributed by atoms with Gasteiger partial charge < -0.3 is 10.2 Å². The molecular weight excluding hydrogens is 224 g/mol. The van der Waals surface area contributed by atoms with Gasteiger partial charge in [0.2, 0.25) is 0 Å². The minimum Gasteiger partial charge on any atom is -0.469 e. The third-order valence-corrected chi connectivity index (χ3v) is 2.05. The van der Waals surface area contributed by atoms with E-state index in [0.717, 1.165) is 0 Å². The highest BCUT2D eigenvalue weighted by Gasteiger charge is 2.30. The SMILES string of the molecule is O=C(O)S(=O)(=O)C(=O)O.c1ccccc1. The molecule has 0 aromatic heterocycles. The van der Waals surface area contributed by atoms with E-state index in [-0.39, 0.29) is 0 Å². The van der Waals surface area contributed by atoms with Gasteiger partial charge in [-0.25, -0.2) is 18.0 Å². The molecule has 0 saturated carbocycles. The number of carboxylic acid groups (broad SMARTS) is 2. The summed E-state index contributed by atoms with van der Waals surface area (Å²) in [6, 6.07) is 12.0. The van der Waals surface area contributed by atoms with Crippen LogP contribution in [0.5, 0.6) is 0 Å². The monoisotopic (exact) mass is 232 g/mol. The van der Waals surface area contributed by atoms with E-state index in [1.165, 1.54) is 0 Å². The Balaban J connectivity index is 0.000000280. The molecule has 0 saturated heterocycles. The van der Waals surface area contributed by atoms with Gasteiger partial charge in [-0.3, -0.25) is 0 Å². The molecule has 0 radical (unpaired) electrons. The Morgan fingerprint density at radius 2 is 0.933 bits per heavy atom. The maximum absolute atomic E-state index is 9.83.